The molecule has 170 valence electrons. The van der Waals surface area contributed by atoms with Gasteiger partial charge in [0.15, 0.2) is 0 Å². The topological polar surface area (TPSA) is 118 Å². The van der Waals surface area contributed by atoms with E-state index in [4.69, 9.17) is 4.74 Å². The van der Waals surface area contributed by atoms with Crippen LogP contribution in [0.4, 0.5) is 0 Å². The van der Waals surface area contributed by atoms with Gasteiger partial charge in [0.1, 0.15) is 11.8 Å². The van der Waals surface area contributed by atoms with Crippen LogP contribution in [0.1, 0.15) is 11.1 Å². The Kier molecular flexibility index (Phi) is 6.00. The van der Waals surface area contributed by atoms with Gasteiger partial charge >= 0.3 is 12.0 Å². The van der Waals surface area contributed by atoms with Crippen LogP contribution in [0, 0.1) is 0 Å². The van der Waals surface area contributed by atoms with Crippen LogP contribution in [0.15, 0.2) is 85.1 Å². The number of rotatable bonds is 9. The van der Waals surface area contributed by atoms with Gasteiger partial charge in [0.2, 0.25) is 0 Å². The number of aliphatic carboxylic acids is 1. The zero-order valence-electron chi connectivity index (χ0n) is 18.1. The smallest absolute Gasteiger partial charge is 0.345 e. The maximum absolute atomic E-state index is 11.8. The number of benzene rings is 3. The largest absolute Gasteiger partial charge is 0.480 e. The first-order chi connectivity index (χ1) is 16.7. The minimum absolute atomic E-state index is 0.252. The number of tetrazole rings is 1. The predicted octanol–water partition coefficient (Wildman–Crippen LogP) is 3.72. The zero-order chi connectivity index (χ0) is 23.3. The number of carboxylic acids is 1. The van der Waals surface area contributed by atoms with Gasteiger partial charge in [-0.1, -0.05) is 53.6 Å². The van der Waals surface area contributed by atoms with Gasteiger partial charge in [-0.15, -0.1) is 0 Å². The third-order valence-corrected chi connectivity index (χ3v) is 5.52. The van der Waals surface area contributed by atoms with Gasteiger partial charge in [-0.25, -0.2) is 0 Å². The summed E-state index contributed by atoms with van der Waals surface area (Å²) in [5.41, 5.74) is 3.68. The fourth-order valence-electron chi connectivity index (χ4n) is 3.76. The van der Waals surface area contributed by atoms with Crippen molar-refractivity contribution >= 4 is 16.9 Å². The number of nitrogens with zero attached hydrogens (tertiary/aromatic N) is 4. The summed E-state index contributed by atoms with van der Waals surface area (Å²) in [4.78, 5) is 15.0. The molecule has 2 aromatic heterocycles. The first-order valence-electron chi connectivity index (χ1n) is 10.8. The van der Waals surface area contributed by atoms with Crippen molar-refractivity contribution in [3.63, 3.8) is 0 Å². The molecule has 34 heavy (non-hydrogen) atoms. The van der Waals surface area contributed by atoms with Crippen LogP contribution in [0.5, 0.6) is 11.8 Å². The van der Waals surface area contributed by atoms with Gasteiger partial charge in [-0.2, -0.15) is 4.68 Å². The van der Waals surface area contributed by atoms with E-state index in [-0.39, 0.29) is 6.01 Å². The molecule has 0 saturated heterocycles. The van der Waals surface area contributed by atoms with Crippen molar-refractivity contribution in [2.24, 2.45) is 0 Å². The van der Waals surface area contributed by atoms with E-state index in [9.17, 15) is 9.90 Å². The molecular formula is C25H22N6O3. The van der Waals surface area contributed by atoms with Gasteiger partial charge in [-0.3, -0.25) is 4.79 Å². The summed E-state index contributed by atoms with van der Waals surface area (Å²) < 4.78 is 7.35. The number of aromatic amines is 1. The summed E-state index contributed by atoms with van der Waals surface area (Å²) in [6, 6.07) is 24.2. The highest BCUT2D eigenvalue weighted by Crippen LogP contribution is 2.22. The Balaban J connectivity index is 1.23. The molecule has 0 fully saturated rings. The lowest BCUT2D eigenvalue weighted by Gasteiger charge is -2.14. The summed E-state index contributed by atoms with van der Waals surface area (Å²) in [6.07, 6.45) is 2.25. The molecule has 3 N–H and O–H groups in total. The standard InChI is InChI=1S/C25H22N6O3/c32-24(33)23(14-18-16-27-22-9-5-4-8-21(18)22)26-15-17-10-12-20(13-11-17)34-25-28-29-30-31(25)19-6-2-1-3-7-19/h1-13,16,23,26-27H,14-15H2,(H,32,33)/t23-/m0/s1. The Hall–Kier alpha value is -4.50. The summed E-state index contributed by atoms with van der Waals surface area (Å²) in [5, 5.41) is 25.5. The van der Waals surface area contributed by atoms with Crippen molar-refractivity contribution in [3.05, 3.63) is 96.2 Å². The molecule has 0 aliphatic rings. The third-order valence-electron chi connectivity index (χ3n) is 5.52. The van der Waals surface area contributed by atoms with Crippen molar-refractivity contribution < 1.29 is 14.6 Å². The zero-order valence-corrected chi connectivity index (χ0v) is 18.1. The molecule has 0 spiro atoms. The summed E-state index contributed by atoms with van der Waals surface area (Å²) in [6.45, 7) is 0.404. The third kappa shape index (κ3) is 4.64. The van der Waals surface area contributed by atoms with E-state index < -0.39 is 12.0 Å². The molecular weight excluding hydrogens is 432 g/mol. The molecule has 5 aromatic rings. The molecule has 0 aliphatic carbocycles. The van der Waals surface area contributed by atoms with Crippen LogP contribution < -0.4 is 10.1 Å². The summed E-state index contributed by atoms with van der Waals surface area (Å²) in [5.74, 6) is -0.317. The second-order valence-electron chi connectivity index (χ2n) is 7.79. The quantitative estimate of drug-likeness (QED) is 0.311. The number of aromatic nitrogens is 5. The van der Waals surface area contributed by atoms with Crippen molar-refractivity contribution in [3.8, 4) is 17.4 Å². The molecule has 9 nitrogen and oxygen atoms in total. The number of hydrogen-bond donors (Lipinski definition) is 3. The van der Waals surface area contributed by atoms with Crippen LogP contribution >= 0.6 is 0 Å². The van der Waals surface area contributed by atoms with Crippen LogP contribution in [-0.4, -0.2) is 42.3 Å². The lowest BCUT2D eigenvalue weighted by atomic mass is 10.0. The van der Waals surface area contributed by atoms with Crippen LogP contribution in [0.2, 0.25) is 0 Å². The fourth-order valence-corrected chi connectivity index (χ4v) is 3.76. The first kappa shape index (κ1) is 21.4. The molecule has 0 unspecified atom stereocenters. The van der Waals surface area contributed by atoms with Crippen LogP contribution in [0.3, 0.4) is 0 Å². The average molecular weight is 454 g/mol. The Morgan fingerprint density at radius 3 is 2.59 bits per heavy atom. The predicted molar refractivity (Wildman–Crippen MR) is 126 cm³/mol. The molecule has 0 bridgehead atoms. The SMILES string of the molecule is O=C(O)[C@H](Cc1c[nH]c2ccccc12)NCc1ccc(Oc2nnnn2-c2ccccc2)cc1. The van der Waals surface area contributed by atoms with E-state index in [0.717, 1.165) is 27.7 Å². The maximum atomic E-state index is 11.8. The highest BCUT2D eigenvalue weighted by Gasteiger charge is 2.19. The lowest BCUT2D eigenvalue weighted by Crippen LogP contribution is -2.38. The van der Waals surface area contributed by atoms with E-state index in [2.05, 4.69) is 25.8 Å². The van der Waals surface area contributed by atoms with E-state index in [0.29, 0.717) is 18.7 Å². The number of carbonyl (C=O) groups is 1. The number of H-pyrrole nitrogens is 1. The number of hydrogen-bond acceptors (Lipinski definition) is 6. The van der Waals surface area contributed by atoms with Crippen molar-refractivity contribution in [2.75, 3.05) is 0 Å². The van der Waals surface area contributed by atoms with E-state index >= 15 is 0 Å². The van der Waals surface area contributed by atoms with E-state index in [1.807, 2.05) is 72.9 Å². The molecule has 2 heterocycles. The van der Waals surface area contributed by atoms with Gasteiger partial charge < -0.3 is 20.1 Å². The highest BCUT2D eigenvalue weighted by atomic mass is 16.5. The lowest BCUT2D eigenvalue weighted by molar-refractivity contribution is -0.139. The fraction of sp³-hybridized carbons (Fsp3) is 0.120. The second-order valence-corrected chi connectivity index (χ2v) is 7.79. The Morgan fingerprint density at radius 2 is 1.79 bits per heavy atom. The molecule has 9 heteroatoms. The summed E-state index contributed by atoms with van der Waals surface area (Å²) in [7, 11) is 0. The first-order valence-corrected chi connectivity index (χ1v) is 10.8. The number of fused-ring (bicyclic) bond motifs is 1. The summed E-state index contributed by atoms with van der Waals surface area (Å²) >= 11 is 0. The average Bonchev–Trinajstić information content (AvgIpc) is 3.50. The number of para-hydroxylation sites is 2. The Labute approximate surface area is 195 Å². The van der Waals surface area contributed by atoms with E-state index in [1.165, 1.54) is 4.68 Å². The monoisotopic (exact) mass is 454 g/mol. The maximum Gasteiger partial charge on any atom is 0.345 e. The molecule has 5 rings (SSSR count). The van der Waals surface area contributed by atoms with Crippen LogP contribution in [-0.2, 0) is 17.8 Å². The molecule has 0 saturated carbocycles. The molecule has 1 atom stereocenters. The molecule has 0 radical (unpaired) electrons. The van der Waals surface area contributed by atoms with Gasteiger partial charge in [0.25, 0.3) is 0 Å². The van der Waals surface area contributed by atoms with Gasteiger partial charge in [0, 0.05) is 30.1 Å². The molecule has 0 aliphatic heterocycles. The van der Waals surface area contributed by atoms with Crippen molar-refractivity contribution in [1.82, 2.24) is 30.5 Å². The Bertz CT molecular complexity index is 1400. The van der Waals surface area contributed by atoms with Crippen molar-refractivity contribution in [2.45, 2.75) is 19.0 Å². The number of ether oxygens (including phenoxy) is 1. The second kappa shape index (κ2) is 9.55. The minimum atomic E-state index is -0.891. The molecule has 0 amide bonds. The number of nitrogens with one attached hydrogen (secondary N) is 2. The normalized spacial score (nSPS) is 12.0. The van der Waals surface area contributed by atoms with E-state index in [1.54, 1.807) is 12.1 Å². The van der Waals surface area contributed by atoms with Crippen molar-refractivity contribution in [1.29, 1.82) is 0 Å². The molecule has 3 aromatic carbocycles. The van der Waals surface area contributed by atoms with Crippen LogP contribution in [0.25, 0.3) is 16.6 Å². The van der Waals surface area contributed by atoms with Gasteiger partial charge in [0.05, 0.1) is 5.69 Å². The minimum Gasteiger partial charge on any atom is -0.480 e. The highest BCUT2D eigenvalue weighted by molar-refractivity contribution is 5.84. The number of carboxylic acid groups (broad SMARTS) is 1. The Morgan fingerprint density at radius 1 is 1.03 bits per heavy atom. The van der Waals surface area contributed by atoms with Gasteiger partial charge in [-0.05, 0) is 51.9 Å².